The molecule has 2 heteroatoms. The number of hydrogen-bond acceptors (Lipinski definition) is 1. The minimum atomic E-state index is 0.0983. The second-order valence-corrected chi connectivity index (χ2v) is 11.3. The maximum atomic E-state index is 6.90. The molecule has 3 aromatic carbocycles. The highest BCUT2D eigenvalue weighted by Crippen LogP contribution is 2.50. The van der Waals surface area contributed by atoms with Crippen molar-refractivity contribution in [2.45, 2.75) is 58.3 Å². The molecule has 0 saturated carbocycles. The zero-order valence-electron chi connectivity index (χ0n) is 20.5. The van der Waals surface area contributed by atoms with Crippen molar-refractivity contribution in [3.63, 3.8) is 0 Å². The summed E-state index contributed by atoms with van der Waals surface area (Å²) in [7, 11) is 2.14. The van der Waals surface area contributed by atoms with Crippen molar-refractivity contribution in [3.8, 4) is 11.3 Å². The van der Waals surface area contributed by atoms with E-state index in [1.807, 2.05) is 0 Å². The van der Waals surface area contributed by atoms with Crippen LogP contribution in [0, 0.1) is 6.92 Å². The van der Waals surface area contributed by atoms with E-state index in [2.05, 4.69) is 107 Å². The van der Waals surface area contributed by atoms with Crippen LogP contribution < -0.4 is 4.57 Å². The van der Waals surface area contributed by atoms with Gasteiger partial charge in [0.25, 0.3) is 0 Å². The molecule has 33 heavy (non-hydrogen) atoms. The van der Waals surface area contributed by atoms with Gasteiger partial charge in [-0.1, -0.05) is 70.2 Å². The molecule has 0 atom stereocenters. The van der Waals surface area contributed by atoms with E-state index in [4.69, 9.17) is 4.42 Å². The van der Waals surface area contributed by atoms with Crippen LogP contribution in [0.2, 0.25) is 0 Å². The summed E-state index contributed by atoms with van der Waals surface area (Å²) in [6.07, 6.45) is 4.60. The molecule has 0 bridgehead atoms. The molecule has 0 saturated heterocycles. The average Bonchev–Trinajstić information content (AvgIpc) is 3.15. The molecule has 0 unspecified atom stereocenters. The first-order valence-corrected chi connectivity index (χ1v) is 12.1. The fraction of sp³-hybridized carbons (Fsp3) is 0.323. The van der Waals surface area contributed by atoms with E-state index in [1.165, 1.54) is 62.3 Å². The molecule has 2 nitrogen and oxygen atoms in total. The van der Waals surface area contributed by atoms with E-state index >= 15 is 0 Å². The van der Waals surface area contributed by atoms with Crippen molar-refractivity contribution in [2.24, 2.45) is 7.05 Å². The third-order valence-electron chi connectivity index (χ3n) is 8.06. The Balaban J connectivity index is 1.72. The Bertz CT molecular complexity index is 1580. The summed E-state index contributed by atoms with van der Waals surface area (Å²) < 4.78 is 9.14. The quantitative estimate of drug-likeness (QED) is 0.245. The topological polar surface area (TPSA) is 17.0 Å². The summed E-state index contributed by atoms with van der Waals surface area (Å²) in [4.78, 5) is 0. The van der Waals surface area contributed by atoms with Crippen LogP contribution in [-0.4, -0.2) is 0 Å². The monoisotopic (exact) mass is 434 g/mol. The molecule has 0 fully saturated rings. The third-order valence-corrected chi connectivity index (χ3v) is 8.06. The van der Waals surface area contributed by atoms with E-state index in [9.17, 15) is 0 Å². The lowest BCUT2D eigenvalue weighted by atomic mass is 9.63. The number of pyridine rings is 1. The molecule has 1 aliphatic carbocycles. The van der Waals surface area contributed by atoms with Gasteiger partial charge < -0.3 is 4.42 Å². The lowest BCUT2D eigenvalue weighted by Crippen LogP contribution is -2.33. The number of furan rings is 1. The minimum absolute atomic E-state index is 0.0983. The van der Waals surface area contributed by atoms with Crippen molar-refractivity contribution in [1.82, 2.24) is 0 Å². The van der Waals surface area contributed by atoms with E-state index < -0.39 is 0 Å². The third kappa shape index (κ3) is 2.89. The molecule has 0 radical (unpaired) electrons. The molecular weight excluding hydrogens is 402 g/mol. The van der Waals surface area contributed by atoms with Gasteiger partial charge in [-0.15, -0.1) is 0 Å². The Hall–Kier alpha value is -3.13. The lowest BCUT2D eigenvalue weighted by Gasteiger charge is -2.41. The average molecular weight is 435 g/mol. The van der Waals surface area contributed by atoms with E-state index in [0.717, 1.165) is 11.2 Å². The van der Waals surface area contributed by atoms with Gasteiger partial charge in [-0.25, -0.2) is 4.57 Å². The molecular formula is C31H32NO+. The SMILES string of the molecule is Cc1ccc2c(oc3c4c(ccc32)C(C)(C)CCC4(C)C)c1-c1cc2ccccc2c[n+]1C. The number of aromatic nitrogens is 1. The van der Waals surface area contributed by atoms with Gasteiger partial charge in [0.05, 0.1) is 5.56 Å². The van der Waals surface area contributed by atoms with Gasteiger partial charge >= 0.3 is 0 Å². The van der Waals surface area contributed by atoms with Gasteiger partial charge in [0, 0.05) is 27.8 Å². The maximum Gasteiger partial charge on any atom is 0.216 e. The van der Waals surface area contributed by atoms with Gasteiger partial charge in [-0.05, 0) is 53.2 Å². The Morgan fingerprint density at radius 1 is 0.788 bits per heavy atom. The van der Waals surface area contributed by atoms with Crippen molar-refractivity contribution >= 4 is 32.7 Å². The van der Waals surface area contributed by atoms with Crippen LogP contribution in [0.5, 0.6) is 0 Å². The van der Waals surface area contributed by atoms with Crippen LogP contribution in [0.4, 0.5) is 0 Å². The Kier molecular flexibility index (Phi) is 4.15. The zero-order valence-corrected chi connectivity index (χ0v) is 20.5. The molecule has 6 rings (SSSR count). The summed E-state index contributed by atoms with van der Waals surface area (Å²) in [5.41, 5.74) is 8.81. The van der Waals surface area contributed by atoms with Crippen LogP contribution in [0.3, 0.4) is 0 Å². The standard InChI is InChI=1S/C31H32NO/c1-19-11-12-22-23-13-14-24-27(31(4,5)16-15-30(24,2)3)29(23)33-28(22)26(19)25-17-20-9-7-8-10-21(20)18-32(25)6/h7-14,17-18H,15-16H2,1-6H3/q+1. The van der Waals surface area contributed by atoms with Gasteiger partial charge in [-0.2, -0.15) is 0 Å². The molecule has 0 N–H and O–H groups in total. The van der Waals surface area contributed by atoms with Crippen LogP contribution in [0.1, 0.15) is 57.2 Å². The first-order chi connectivity index (χ1) is 15.7. The summed E-state index contributed by atoms with van der Waals surface area (Å²) in [6, 6.07) is 20.0. The molecule has 1 aliphatic rings. The predicted octanol–water partition coefficient (Wildman–Crippen LogP) is 7.89. The van der Waals surface area contributed by atoms with Crippen molar-refractivity contribution < 1.29 is 8.98 Å². The normalized spacial score (nSPS) is 17.0. The zero-order chi connectivity index (χ0) is 23.1. The van der Waals surface area contributed by atoms with Gasteiger partial charge in [0.2, 0.25) is 5.69 Å². The number of nitrogens with zero attached hydrogens (tertiary/aromatic N) is 1. The smallest absolute Gasteiger partial charge is 0.216 e. The summed E-state index contributed by atoms with van der Waals surface area (Å²) >= 11 is 0. The van der Waals surface area contributed by atoms with Crippen molar-refractivity contribution in [3.05, 3.63) is 77.5 Å². The number of hydrogen-bond donors (Lipinski definition) is 0. The van der Waals surface area contributed by atoms with Crippen molar-refractivity contribution in [1.29, 1.82) is 0 Å². The summed E-state index contributed by atoms with van der Waals surface area (Å²) in [5.74, 6) is 0. The van der Waals surface area contributed by atoms with Crippen LogP contribution in [0.25, 0.3) is 44.0 Å². The van der Waals surface area contributed by atoms with Crippen LogP contribution >= 0.6 is 0 Å². The van der Waals surface area contributed by atoms with E-state index in [1.54, 1.807) is 0 Å². The second kappa shape index (κ2) is 6.70. The molecule has 0 aliphatic heterocycles. The highest BCUT2D eigenvalue weighted by Gasteiger charge is 2.39. The molecule has 2 aromatic heterocycles. The molecule has 0 spiro atoms. The highest BCUT2D eigenvalue weighted by molar-refractivity contribution is 6.11. The Morgan fingerprint density at radius 3 is 2.24 bits per heavy atom. The minimum Gasteiger partial charge on any atom is -0.455 e. The second-order valence-electron chi connectivity index (χ2n) is 11.3. The first-order valence-electron chi connectivity index (χ1n) is 12.1. The fourth-order valence-electron chi connectivity index (χ4n) is 5.98. The maximum absolute atomic E-state index is 6.90. The Labute approximate surface area is 195 Å². The Morgan fingerprint density at radius 2 is 1.45 bits per heavy atom. The largest absolute Gasteiger partial charge is 0.455 e. The van der Waals surface area contributed by atoms with Crippen LogP contribution in [0.15, 0.2) is 65.2 Å². The number of fused-ring (bicyclic) bond motifs is 6. The molecule has 2 heterocycles. The number of rotatable bonds is 1. The van der Waals surface area contributed by atoms with Gasteiger partial charge in [-0.3, -0.25) is 0 Å². The number of benzene rings is 3. The molecule has 5 aromatic rings. The van der Waals surface area contributed by atoms with E-state index in [-0.39, 0.29) is 10.8 Å². The number of aryl methyl sites for hydroxylation is 2. The fourth-order valence-corrected chi connectivity index (χ4v) is 5.98. The molecule has 166 valence electrons. The summed E-state index contributed by atoms with van der Waals surface area (Å²) in [5, 5.41) is 4.94. The highest BCUT2D eigenvalue weighted by atomic mass is 16.3. The van der Waals surface area contributed by atoms with Crippen molar-refractivity contribution in [2.75, 3.05) is 0 Å². The summed E-state index contributed by atoms with van der Waals surface area (Å²) in [6.45, 7) is 11.7. The van der Waals surface area contributed by atoms with E-state index in [0.29, 0.717) is 0 Å². The predicted molar refractivity (Wildman–Crippen MR) is 138 cm³/mol. The van der Waals surface area contributed by atoms with Gasteiger partial charge in [0.15, 0.2) is 6.20 Å². The molecule has 0 amide bonds. The first kappa shape index (κ1) is 20.5. The van der Waals surface area contributed by atoms with Gasteiger partial charge in [0.1, 0.15) is 18.2 Å². The van der Waals surface area contributed by atoms with Crippen LogP contribution in [-0.2, 0) is 17.9 Å². The lowest BCUT2D eigenvalue weighted by molar-refractivity contribution is -0.659.